The molecule has 0 amide bonds. The fraction of sp³-hybridized carbons (Fsp3) is 0.100. The van der Waals surface area contributed by atoms with E-state index in [1.54, 1.807) is 6.07 Å². The van der Waals surface area contributed by atoms with Crippen molar-refractivity contribution in [3.05, 3.63) is 47.9 Å². The van der Waals surface area contributed by atoms with Gasteiger partial charge in [-0.25, -0.2) is 9.97 Å². The molecular formula is C10H8N2O2. The van der Waals surface area contributed by atoms with Crippen molar-refractivity contribution in [1.82, 2.24) is 9.97 Å². The Labute approximate surface area is 80.6 Å². The van der Waals surface area contributed by atoms with Gasteiger partial charge in [-0.1, -0.05) is 0 Å². The fourth-order valence-corrected chi connectivity index (χ4v) is 1.16. The van der Waals surface area contributed by atoms with Crippen molar-refractivity contribution in [3.8, 4) is 0 Å². The van der Waals surface area contributed by atoms with E-state index in [2.05, 4.69) is 9.97 Å². The molecule has 0 saturated carbocycles. The van der Waals surface area contributed by atoms with E-state index >= 15 is 0 Å². The summed E-state index contributed by atoms with van der Waals surface area (Å²) in [5.74, 6) is -0.140. The molecule has 0 aliphatic carbocycles. The van der Waals surface area contributed by atoms with Crippen molar-refractivity contribution in [3.63, 3.8) is 0 Å². The number of hydrogen-bond acceptors (Lipinski definition) is 4. The number of hydrogen-bond donors (Lipinski definition) is 0. The summed E-state index contributed by atoms with van der Waals surface area (Å²) in [5.41, 5.74) is 1.74. The molecule has 0 radical (unpaired) electrons. The van der Waals surface area contributed by atoms with Gasteiger partial charge in [0.05, 0.1) is 11.8 Å². The lowest BCUT2D eigenvalue weighted by Crippen LogP contribution is -2.03. The van der Waals surface area contributed by atoms with Crippen LogP contribution in [0.3, 0.4) is 0 Å². The van der Waals surface area contributed by atoms with Gasteiger partial charge in [-0.3, -0.25) is 4.79 Å². The molecule has 70 valence electrons. The van der Waals surface area contributed by atoms with Gasteiger partial charge >= 0.3 is 0 Å². The van der Waals surface area contributed by atoms with E-state index in [0.717, 1.165) is 5.56 Å². The molecule has 0 saturated heterocycles. The number of furan rings is 1. The number of ketones is 1. The van der Waals surface area contributed by atoms with E-state index in [-0.39, 0.29) is 5.78 Å². The highest BCUT2D eigenvalue weighted by molar-refractivity contribution is 6.08. The van der Waals surface area contributed by atoms with Gasteiger partial charge in [-0.15, -0.1) is 0 Å². The zero-order chi connectivity index (χ0) is 9.97. The first-order valence-corrected chi connectivity index (χ1v) is 4.12. The van der Waals surface area contributed by atoms with Crippen LogP contribution < -0.4 is 0 Å². The van der Waals surface area contributed by atoms with Crippen molar-refractivity contribution in [2.24, 2.45) is 0 Å². The second kappa shape index (κ2) is 3.41. The molecule has 2 aromatic rings. The summed E-state index contributed by atoms with van der Waals surface area (Å²) >= 11 is 0. The highest BCUT2D eigenvalue weighted by Gasteiger charge is 2.14. The summed E-state index contributed by atoms with van der Waals surface area (Å²) in [6.45, 7) is 1.82. The second-order valence-electron chi connectivity index (χ2n) is 2.89. The van der Waals surface area contributed by atoms with Gasteiger partial charge in [0.2, 0.25) is 5.78 Å². The highest BCUT2D eigenvalue weighted by Crippen LogP contribution is 2.12. The summed E-state index contributed by atoms with van der Waals surface area (Å²) in [6, 6.07) is 1.58. The quantitative estimate of drug-likeness (QED) is 0.672. The third-order valence-corrected chi connectivity index (χ3v) is 1.91. The van der Waals surface area contributed by atoms with Gasteiger partial charge < -0.3 is 4.42 Å². The molecule has 0 fully saturated rings. The number of carbonyl (C=O) groups is 1. The van der Waals surface area contributed by atoms with Crippen molar-refractivity contribution in [2.75, 3.05) is 0 Å². The topological polar surface area (TPSA) is 56.0 Å². The van der Waals surface area contributed by atoms with Crippen LogP contribution in [0.5, 0.6) is 0 Å². The van der Waals surface area contributed by atoms with E-state index in [9.17, 15) is 4.79 Å². The summed E-state index contributed by atoms with van der Waals surface area (Å²) in [4.78, 5) is 19.4. The Balaban J connectivity index is 2.39. The van der Waals surface area contributed by atoms with Gasteiger partial charge in [0, 0.05) is 6.20 Å². The van der Waals surface area contributed by atoms with Crippen molar-refractivity contribution in [1.29, 1.82) is 0 Å². The molecule has 0 bridgehead atoms. The van der Waals surface area contributed by atoms with Crippen LogP contribution in [0, 0.1) is 6.92 Å². The summed E-state index contributed by atoms with van der Waals surface area (Å²) in [5, 5.41) is 0. The lowest BCUT2D eigenvalue weighted by Gasteiger charge is -1.96. The van der Waals surface area contributed by atoms with E-state index in [1.807, 2.05) is 6.92 Å². The van der Waals surface area contributed by atoms with Gasteiger partial charge in [-0.2, -0.15) is 0 Å². The highest BCUT2D eigenvalue weighted by atomic mass is 16.3. The Hall–Kier alpha value is -1.97. The molecule has 2 aromatic heterocycles. The molecule has 2 heterocycles. The molecule has 0 N–H and O–H groups in total. The number of aryl methyl sites for hydroxylation is 1. The molecule has 2 rings (SSSR count). The molecule has 14 heavy (non-hydrogen) atoms. The zero-order valence-electron chi connectivity index (χ0n) is 7.60. The number of nitrogens with zero attached hydrogens (tertiary/aromatic N) is 2. The fourth-order valence-electron chi connectivity index (χ4n) is 1.16. The van der Waals surface area contributed by atoms with Crippen molar-refractivity contribution >= 4 is 5.78 Å². The average molecular weight is 188 g/mol. The predicted molar refractivity (Wildman–Crippen MR) is 48.9 cm³/mol. The van der Waals surface area contributed by atoms with Crippen LogP contribution in [-0.2, 0) is 0 Å². The van der Waals surface area contributed by atoms with Gasteiger partial charge in [0.25, 0.3) is 0 Å². The predicted octanol–water partition coefficient (Wildman–Crippen LogP) is 1.61. The minimum atomic E-state index is -0.140. The maximum atomic E-state index is 11.8. The Morgan fingerprint density at radius 2 is 2.29 bits per heavy atom. The molecule has 0 unspecified atom stereocenters. The zero-order valence-corrected chi connectivity index (χ0v) is 7.60. The van der Waals surface area contributed by atoms with Gasteiger partial charge in [-0.05, 0) is 18.6 Å². The second-order valence-corrected chi connectivity index (χ2v) is 2.89. The van der Waals surface area contributed by atoms with E-state index in [4.69, 9.17) is 4.42 Å². The Kier molecular flexibility index (Phi) is 2.10. The van der Waals surface area contributed by atoms with Crippen LogP contribution in [0.4, 0.5) is 0 Å². The normalized spacial score (nSPS) is 10.1. The van der Waals surface area contributed by atoms with Crippen LogP contribution in [0.15, 0.2) is 35.5 Å². The largest absolute Gasteiger partial charge is 0.472 e. The summed E-state index contributed by atoms with van der Waals surface area (Å²) in [6.07, 6.45) is 5.85. The minimum absolute atomic E-state index is 0.140. The molecule has 4 nitrogen and oxygen atoms in total. The van der Waals surface area contributed by atoms with Crippen LogP contribution in [0.1, 0.15) is 21.6 Å². The van der Waals surface area contributed by atoms with Crippen LogP contribution in [-0.4, -0.2) is 15.8 Å². The third-order valence-electron chi connectivity index (χ3n) is 1.91. The first kappa shape index (κ1) is 8.62. The molecule has 0 aliphatic rings. The molecule has 4 heteroatoms. The third kappa shape index (κ3) is 1.42. The monoisotopic (exact) mass is 188 g/mol. The van der Waals surface area contributed by atoms with Crippen LogP contribution >= 0.6 is 0 Å². The van der Waals surface area contributed by atoms with Crippen LogP contribution in [0.2, 0.25) is 0 Å². The summed E-state index contributed by atoms with van der Waals surface area (Å²) < 4.78 is 4.92. The number of rotatable bonds is 2. The smallest absolute Gasteiger partial charge is 0.214 e. The van der Waals surface area contributed by atoms with Crippen molar-refractivity contribution in [2.45, 2.75) is 6.92 Å². The molecular weight excluding hydrogens is 180 g/mol. The maximum absolute atomic E-state index is 11.8. The summed E-state index contributed by atoms with van der Waals surface area (Å²) in [7, 11) is 0. The lowest BCUT2D eigenvalue weighted by atomic mass is 10.1. The Morgan fingerprint density at radius 1 is 1.43 bits per heavy atom. The van der Waals surface area contributed by atoms with E-state index in [1.165, 1.54) is 25.1 Å². The first-order chi connectivity index (χ1) is 6.79. The molecule has 0 aromatic carbocycles. The maximum Gasteiger partial charge on any atom is 0.214 e. The Morgan fingerprint density at radius 3 is 2.86 bits per heavy atom. The number of aromatic nitrogens is 2. The van der Waals surface area contributed by atoms with E-state index < -0.39 is 0 Å². The van der Waals surface area contributed by atoms with Gasteiger partial charge in [0.1, 0.15) is 18.3 Å². The average Bonchev–Trinajstić information content (AvgIpc) is 2.65. The van der Waals surface area contributed by atoms with Crippen LogP contribution in [0.25, 0.3) is 0 Å². The molecule has 0 atom stereocenters. The molecule has 0 aliphatic heterocycles. The minimum Gasteiger partial charge on any atom is -0.472 e. The lowest BCUT2D eigenvalue weighted by molar-refractivity contribution is 0.103. The van der Waals surface area contributed by atoms with E-state index in [0.29, 0.717) is 11.3 Å². The SMILES string of the molecule is Cc1cocc1C(=O)c1ccncn1. The number of carbonyl (C=O) groups excluding carboxylic acids is 1. The Bertz CT molecular complexity index is 448. The standard InChI is InChI=1S/C10H8N2O2/c1-7-4-14-5-8(7)10(13)9-2-3-11-6-12-9/h2-6H,1H3. The first-order valence-electron chi connectivity index (χ1n) is 4.12. The molecule has 0 spiro atoms. The van der Waals surface area contributed by atoms with Gasteiger partial charge in [0.15, 0.2) is 0 Å². The van der Waals surface area contributed by atoms with Crippen molar-refractivity contribution < 1.29 is 9.21 Å².